The minimum atomic E-state index is 0.300. The summed E-state index contributed by atoms with van der Waals surface area (Å²) < 4.78 is 5.14. The van der Waals surface area contributed by atoms with Crippen molar-refractivity contribution in [2.24, 2.45) is 11.3 Å². The number of hydrogen-bond acceptors (Lipinski definition) is 3. The normalized spacial score (nSPS) is 36.3. The molecule has 0 amide bonds. The van der Waals surface area contributed by atoms with E-state index in [1.807, 2.05) is 0 Å². The lowest BCUT2D eigenvalue weighted by Gasteiger charge is -2.41. The molecule has 0 aromatic rings. The van der Waals surface area contributed by atoms with E-state index in [4.69, 9.17) is 9.84 Å². The summed E-state index contributed by atoms with van der Waals surface area (Å²) in [7, 11) is 0. The zero-order valence-corrected chi connectivity index (χ0v) is 5.97. The van der Waals surface area contributed by atoms with Gasteiger partial charge in [-0.15, -0.1) is 0 Å². The molecule has 2 aliphatic rings. The fraction of sp³-hybridized carbons (Fsp3) is 1.00. The second kappa shape index (κ2) is 2.19. The lowest BCUT2D eigenvalue weighted by Crippen LogP contribution is -2.49. The third-order valence-electron chi connectivity index (χ3n) is 2.73. The zero-order chi connectivity index (χ0) is 7.03. The molecule has 58 valence electrons. The highest BCUT2D eigenvalue weighted by atomic mass is 16.5. The van der Waals surface area contributed by atoms with Crippen LogP contribution in [0.3, 0.4) is 0 Å². The van der Waals surface area contributed by atoms with Gasteiger partial charge in [0.15, 0.2) is 0 Å². The average Bonchev–Trinajstić information content (AvgIpc) is 2.27. The Labute approximate surface area is 60.4 Å². The van der Waals surface area contributed by atoms with Gasteiger partial charge in [0.2, 0.25) is 0 Å². The Hall–Kier alpha value is -0.120. The fourth-order valence-corrected chi connectivity index (χ4v) is 1.82. The molecule has 2 rings (SSSR count). The zero-order valence-electron chi connectivity index (χ0n) is 5.97. The molecule has 2 saturated heterocycles. The Morgan fingerprint density at radius 3 is 2.80 bits per heavy atom. The second-order valence-electron chi connectivity index (χ2n) is 3.37. The maximum Gasteiger partial charge on any atom is 0.0561 e. The molecule has 3 heteroatoms. The van der Waals surface area contributed by atoms with Crippen LogP contribution in [0.1, 0.15) is 0 Å². The predicted octanol–water partition coefficient (Wildman–Crippen LogP) is -0.785. The number of aliphatic hydroxyl groups is 1. The SMILES string of the molecule is OC[C@H]1CNCC12COC2. The van der Waals surface area contributed by atoms with E-state index in [9.17, 15) is 0 Å². The molecule has 0 aromatic heterocycles. The van der Waals surface area contributed by atoms with Crippen molar-refractivity contribution in [1.82, 2.24) is 5.32 Å². The molecule has 0 radical (unpaired) electrons. The third kappa shape index (κ3) is 0.713. The topological polar surface area (TPSA) is 41.5 Å². The number of hydrogen-bond donors (Lipinski definition) is 2. The molecule has 2 aliphatic heterocycles. The number of rotatable bonds is 1. The fourth-order valence-electron chi connectivity index (χ4n) is 1.82. The molecule has 0 saturated carbocycles. The molecule has 0 unspecified atom stereocenters. The van der Waals surface area contributed by atoms with Gasteiger partial charge in [-0.05, 0) is 0 Å². The Morgan fingerprint density at radius 2 is 2.40 bits per heavy atom. The summed E-state index contributed by atoms with van der Waals surface area (Å²) in [6, 6.07) is 0. The van der Waals surface area contributed by atoms with Gasteiger partial charge in [-0.25, -0.2) is 0 Å². The van der Waals surface area contributed by atoms with Crippen molar-refractivity contribution in [3.8, 4) is 0 Å². The first kappa shape index (κ1) is 6.58. The average molecular weight is 143 g/mol. The molecule has 2 N–H and O–H groups in total. The first-order chi connectivity index (χ1) is 4.87. The van der Waals surface area contributed by atoms with Crippen LogP contribution in [0.2, 0.25) is 0 Å². The number of nitrogens with one attached hydrogen (secondary N) is 1. The van der Waals surface area contributed by atoms with Crippen molar-refractivity contribution in [3.05, 3.63) is 0 Å². The molecule has 2 heterocycles. The summed E-state index contributed by atoms with van der Waals surface area (Å²) >= 11 is 0. The van der Waals surface area contributed by atoms with E-state index in [1.165, 1.54) is 0 Å². The van der Waals surface area contributed by atoms with Crippen LogP contribution in [-0.2, 0) is 4.74 Å². The predicted molar refractivity (Wildman–Crippen MR) is 36.7 cm³/mol. The Morgan fingerprint density at radius 1 is 1.60 bits per heavy atom. The molecule has 10 heavy (non-hydrogen) atoms. The van der Waals surface area contributed by atoms with Crippen molar-refractivity contribution >= 4 is 0 Å². The number of aliphatic hydroxyl groups excluding tert-OH is 1. The molecule has 1 atom stereocenters. The summed E-state index contributed by atoms with van der Waals surface area (Å²) in [6.07, 6.45) is 0. The second-order valence-corrected chi connectivity index (χ2v) is 3.37. The van der Waals surface area contributed by atoms with E-state index in [0.29, 0.717) is 17.9 Å². The Kier molecular flexibility index (Phi) is 1.44. The maximum absolute atomic E-state index is 8.97. The van der Waals surface area contributed by atoms with Crippen LogP contribution in [0.15, 0.2) is 0 Å². The first-order valence-corrected chi connectivity index (χ1v) is 3.77. The third-order valence-corrected chi connectivity index (χ3v) is 2.73. The van der Waals surface area contributed by atoms with E-state index in [-0.39, 0.29) is 0 Å². The quantitative estimate of drug-likeness (QED) is 0.505. The highest BCUT2D eigenvalue weighted by Gasteiger charge is 2.48. The van der Waals surface area contributed by atoms with Crippen molar-refractivity contribution in [3.63, 3.8) is 0 Å². The van der Waals surface area contributed by atoms with Crippen LogP contribution < -0.4 is 5.32 Å². The van der Waals surface area contributed by atoms with Crippen molar-refractivity contribution in [1.29, 1.82) is 0 Å². The monoisotopic (exact) mass is 143 g/mol. The van der Waals surface area contributed by atoms with E-state index < -0.39 is 0 Å². The minimum Gasteiger partial charge on any atom is -0.396 e. The summed E-state index contributed by atoms with van der Waals surface area (Å²) in [6.45, 7) is 3.96. The van der Waals surface area contributed by atoms with Crippen molar-refractivity contribution < 1.29 is 9.84 Å². The van der Waals surface area contributed by atoms with Crippen LogP contribution in [0.25, 0.3) is 0 Å². The molecular weight excluding hydrogens is 130 g/mol. The highest BCUT2D eigenvalue weighted by Crippen LogP contribution is 2.38. The molecule has 0 bridgehead atoms. The largest absolute Gasteiger partial charge is 0.396 e. The van der Waals surface area contributed by atoms with Crippen LogP contribution in [0.4, 0.5) is 0 Å². The lowest BCUT2D eigenvalue weighted by molar-refractivity contribution is -0.131. The number of ether oxygens (including phenoxy) is 1. The van der Waals surface area contributed by atoms with E-state index in [1.54, 1.807) is 0 Å². The van der Waals surface area contributed by atoms with Crippen LogP contribution >= 0.6 is 0 Å². The minimum absolute atomic E-state index is 0.300. The first-order valence-electron chi connectivity index (χ1n) is 3.77. The van der Waals surface area contributed by atoms with Crippen LogP contribution in [0.5, 0.6) is 0 Å². The van der Waals surface area contributed by atoms with Gasteiger partial charge in [-0.2, -0.15) is 0 Å². The highest BCUT2D eigenvalue weighted by molar-refractivity contribution is 4.98. The smallest absolute Gasteiger partial charge is 0.0561 e. The Balaban J connectivity index is 2.05. The lowest BCUT2D eigenvalue weighted by atomic mass is 9.77. The van der Waals surface area contributed by atoms with Crippen LogP contribution in [0, 0.1) is 11.3 Å². The molecule has 1 spiro atoms. The van der Waals surface area contributed by atoms with Gasteiger partial charge in [-0.3, -0.25) is 0 Å². The van der Waals surface area contributed by atoms with Gasteiger partial charge in [0, 0.05) is 31.0 Å². The molecule has 0 aliphatic carbocycles. The molecule has 0 aromatic carbocycles. The molecule has 2 fully saturated rings. The van der Waals surface area contributed by atoms with Crippen molar-refractivity contribution in [2.45, 2.75) is 0 Å². The summed E-state index contributed by atoms with van der Waals surface area (Å²) in [5.41, 5.74) is 0.300. The maximum atomic E-state index is 8.97. The van der Waals surface area contributed by atoms with E-state index in [0.717, 1.165) is 26.3 Å². The van der Waals surface area contributed by atoms with Gasteiger partial charge in [0.25, 0.3) is 0 Å². The van der Waals surface area contributed by atoms with Gasteiger partial charge in [-0.1, -0.05) is 0 Å². The van der Waals surface area contributed by atoms with E-state index in [2.05, 4.69) is 5.32 Å². The van der Waals surface area contributed by atoms with Crippen LogP contribution in [-0.4, -0.2) is 38.0 Å². The van der Waals surface area contributed by atoms with Gasteiger partial charge in [0.1, 0.15) is 0 Å². The van der Waals surface area contributed by atoms with Gasteiger partial charge in [0.05, 0.1) is 13.2 Å². The standard InChI is InChI=1S/C7H13NO2/c9-2-6-1-8-3-7(6)4-10-5-7/h6,8-9H,1-5H2/t6-/m1/s1. The summed E-state index contributed by atoms with van der Waals surface area (Å²) in [4.78, 5) is 0. The van der Waals surface area contributed by atoms with E-state index >= 15 is 0 Å². The summed E-state index contributed by atoms with van der Waals surface area (Å²) in [5.74, 6) is 0.432. The van der Waals surface area contributed by atoms with Gasteiger partial charge < -0.3 is 15.2 Å². The van der Waals surface area contributed by atoms with Crippen molar-refractivity contribution in [2.75, 3.05) is 32.9 Å². The molecule has 3 nitrogen and oxygen atoms in total. The summed E-state index contributed by atoms with van der Waals surface area (Å²) in [5, 5.41) is 12.2. The van der Waals surface area contributed by atoms with Gasteiger partial charge >= 0.3 is 0 Å². The molecular formula is C7H13NO2. The Bertz CT molecular complexity index is 134.